The average Bonchev–Trinajstić information content (AvgIpc) is 3.03. The fourth-order valence-corrected chi connectivity index (χ4v) is 5.07. The minimum atomic E-state index is -3.75. The molecule has 0 radical (unpaired) electrons. The zero-order valence-electron chi connectivity index (χ0n) is 15.4. The van der Waals surface area contributed by atoms with Gasteiger partial charge in [0.15, 0.2) is 0 Å². The molecule has 1 atom stereocenters. The first-order valence-corrected chi connectivity index (χ1v) is 11.2. The van der Waals surface area contributed by atoms with Gasteiger partial charge in [-0.3, -0.25) is 0 Å². The van der Waals surface area contributed by atoms with E-state index in [2.05, 4.69) is 10.0 Å². The van der Waals surface area contributed by atoms with Crippen LogP contribution in [0.1, 0.15) is 61.7 Å². The van der Waals surface area contributed by atoms with E-state index in [1.807, 2.05) is 0 Å². The van der Waals surface area contributed by atoms with Crippen molar-refractivity contribution in [2.75, 3.05) is 18.5 Å². The van der Waals surface area contributed by atoms with Crippen LogP contribution in [-0.4, -0.2) is 44.8 Å². The molecule has 0 aromatic heterocycles. The Hall–Kier alpha value is -1.64. The maximum Gasteiger partial charge on any atom is 0.337 e. The van der Waals surface area contributed by atoms with Crippen LogP contribution in [0, 0.1) is 0 Å². The van der Waals surface area contributed by atoms with Gasteiger partial charge in [0.05, 0.1) is 16.6 Å². The first-order chi connectivity index (χ1) is 13.0. The second-order valence-corrected chi connectivity index (χ2v) is 9.05. The summed E-state index contributed by atoms with van der Waals surface area (Å²) in [6, 6.07) is 4.14. The number of carboxylic acid groups (broad SMARTS) is 1. The Balaban J connectivity index is 1.74. The van der Waals surface area contributed by atoms with E-state index in [-0.39, 0.29) is 22.6 Å². The van der Waals surface area contributed by atoms with E-state index in [4.69, 9.17) is 4.74 Å². The SMILES string of the molecule is O=C(O)c1cc(S(=O)(=O)NC2CCCCCC2)ccc1NC[C@@H]1CCCO1. The van der Waals surface area contributed by atoms with Gasteiger partial charge in [0.1, 0.15) is 0 Å². The highest BCUT2D eigenvalue weighted by atomic mass is 32.2. The number of sulfonamides is 1. The first kappa shape index (κ1) is 20.1. The van der Waals surface area contributed by atoms with E-state index in [0.29, 0.717) is 12.2 Å². The minimum absolute atomic E-state index is 0.00758. The standard InChI is InChI=1S/C19H28N2O5S/c22-19(23)17-12-16(9-10-18(17)20-13-15-8-5-11-26-15)27(24,25)21-14-6-3-1-2-4-7-14/h9-10,12,14-15,20-21H,1-8,11,13H2,(H,22,23)/t15-/m0/s1. The van der Waals surface area contributed by atoms with Gasteiger partial charge in [-0.15, -0.1) is 0 Å². The molecular formula is C19H28N2O5S. The maximum absolute atomic E-state index is 12.7. The number of rotatable bonds is 7. The molecule has 2 aliphatic rings. The molecule has 0 amide bonds. The molecule has 27 heavy (non-hydrogen) atoms. The van der Waals surface area contributed by atoms with Gasteiger partial charge in [-0.2, -0.15) is 0 Å². The third-order valence-corrected chi connectivity index (χ3v) is 6.77. The Morgan fingerprint density at radius 2 is 1.85 bits per heavy atom. The van der Waals surface area contributed by atoms with Crippen molar-refractivity contribution in [1.82, 2.24) is 4.72 Å². The predicted molar refractivity (Wildman–Crippen MR) is 103 cm³/mol. The molecule has 1 heterocycles. The van der Waals surface area contributed by atoms with Gasteiger partial charge in [-0.05, 0) is 43.9 Å². The highest BCUT2D eigenvalue weighted by Crippen LogP contribution is 2.24. The first-order valence-electron chi connectivity index (χ1n) is 9.71. The Kier molecular flexibility index (Phi) is 6.73. The lowest BCUT2D eigenvalue weighted by atomic mass is 10.1. The topological polar surface area (TPSA) is 105 Å². The highest BCUT2D eigenvalue weighted by Gasteiger charge is 2.24. The van der Waals surface area contributed by atoms with Crippen molar-refractivity contribution in [1.29, 1.82) is 0 Å². The molecule has 1 aliphatic carbocycles. The van der Waals surface area contributed by atoms with Crippen LogP contribution in [0.2, 0.25) is 0 Å². The summed E-state index contributed by atoms with van der Waals surface area (Å²) in [6.45, 7) is 1.23. The lowest BCUT2D eigenvalue weighted by Gasteiger charge is -2.18. The van der Waals surface area contributed by atoms with Crippen molar-refractivity contribution in [3.63, 3.8) is 0 Å². The Morgan fingerprint density at radius 1 is 1.11 bits per heavy atom. The molecule has 0 spiro atoms. The van der Waals surface area contributed by atoms with Gasteiger partial charge < -0.3 is 15.2 Å². The number of hydrogen-bond donors (Lipinski definition) is 3. The third kappa shape index (κ3) is 5.43. The Labute approximate surface area is 160 Å². The normalized spacial score (nSPS) is 21.7. The van der Waals surface area contributed by atoms with Gasteiger partial charge in [0, 0.05) is 24.9 Å². The Morgan fingerprint density at radius 3 is 2.48 bits per heavy atom. The fraction of sp³-hybridized carbons (Fsp3) is 0.632. The fourth-order valence-electron chi connectivity index (χ4n) is 3.74. The second-order valence-electron chi connectivity index (χ2n) is 7.34. The smallest absolute Gasteiger partial charge is 0.337 e. The predicted octanol–water partition coefficient (Wildman–Crippen LogP) is 2.98. The van der Waals surface area contributed by atoms with Crippen molar-refractivity contribution in [2.45, 2.75) is 68.4 Å². The van der Waals surface area contributed by atoms with Crippen molar-refractivity contribution >= 4 is 21.7 Å². The number of aromatic carboxylic acids is 1. The van der Waals surface area contributed by atoms with Gasteiger partial charge in [-0.25, -0.2) is 17.9 Å². The van der Waals surface area contributed by atoms with Crippen molar-refractivity contribution in [2.24, 2.45) is 0 Å². The number of carboxylic acids is 1. The molecule has 0 bridgehead atoms. The van der Waals surface area contributed by atoms with Crippen LogP contribution in [0.5, 0.6) is 0 Å². The molecule has 2 fully saturated rings. The zero-order valence-corrected chi connectivity index (χ0v) is 16.3. The van der Waals surface area contributed by atoms with E-state index in [0.717, 1.165) is 58.0 Å². The third-order valence-electron chi connectivity index (χ3n) is 5.25. The van der Waals surface area contributed by atoms with E-state index in [9.17, 15) is 18.3 Å². The average molecular weight is 397 g/mol. The molecule has 1 saturated heterocycles. The van der Waals surface area contributed by atoms with Gasteiger partial charge in [0.25, 0.3) is 0 Å². The highest BCUT2D eigenvalue weighted by molar-refractivity contribution is 7.89. The van der Waals surface area contributed by atoms with Crippen LogP contribution in [0.25, 0.3) is 0 Å². The number of hydrogen-bond acceptors (Lipinski definition) is 5. The Bertz CT molecular complexity index is 751. The molecule has 3 rings (SSSR count). The summed E-state index contributed by atoms with van der Waals surface area (Å²) in [5.41, 5.74) is 0.364. The van der Waals surface area contributed by atoms with E-state index >= 15 is 0 Å². The summed E-state index contributed by atoms with van der Waals surface area (Å²) in [5, 5.41) is 12.6. The van der Waals surface area contributed by atoms with Crippen molar-refractivity contribution < 1.29 is 23.1 Å². The molecule has 1 aliphatic heterocycles. The van der Waals surface area contributed by atoms with Gasteiger partial charge in [-0.1, -0.05) is 25.7 Å². The van der Waals surface area contributed by atoms with Crippen LogP contribution < -0.4 is 10.0 Å². The lowest BCUT2D eigenvalue weighted by molar-refractivity contribution is 0.0697. The van der Waals surface area contributed by atoms with Crippen LogP contribution in [-0.2, 0) is 14.8 Å². The van der Waals surface area contributed by atoms with Gasteiger partial charge >= 0.3 is 5.97 Å². The molecule has 1 saturated carbocycles. The quantitative estimate of drug-likeness (QED) is 0.612. The monoisotopic (exact) mass is 396 g/mol. The number of benzene rings is 1. The summed E-state index contributed by atoms with van der Waals surface area (Å²) in [6.07, 6.45) is 7.94. The summed E-state index contributed by atoms with van der Waals surface area (Å²) in [7, 11) is -3.75. The minimum Gasteiger partial charge on any atom is -0.478 e. The summed E-state index contributed by atoms with van der Waals surface area (Å²) in [4.78, 5) is 11.6. The van der Waals surface area contributed by atoms with E-state index in [1.165, 1.54) is 18.2 Å². The zero-order chi connectivity index (χ0) is 19.3. The molecule has 3 N–H and O–H groups in total. The lowest BCUT2D eigenvalue weighted by Crippen LogP contribution is -2.34. The van der Waals surface area contributed by atoms with Crippen molar-refractivity contribution in [3.8, 4) is 0 Å². The molecule has 0 unspecified atom stereocenters. The number of nitrogens with one attached hydrogen (secondary N) is 2. The number of carbonyl (C=O) groups is 1. The van der Waals surface area contributed by atoms with Crippen LogP contribution >= 0.6 is 0 Å². The number of ether oxygens (including phenoxy) is 1. The molecule has 1 aromatic rings. The molecular weight excluding hydrogens is 368 g/mol. The van der Waals surface area contributed by atoms with Crippen LogP contribution in [0.3, 0.4) is 0 Å². The summed E-state index contributed by atoms with van der Waals surface area (Å²) < 4.78 is 33.7. The molecule has 150 valence electrons. The molecule has 1 aromatic carbocycles. The summed E-state index contributed by atoms with van der Waals surface area (Å²) in [5.74, 6) is -1.16. The van der Waals surface area contributed by atoms with E-state index in [1.54, 1.807) is 0 Å². The second kappa shape index (κ2) is 9.03. The van der Waals surface area contributed by atoms with Crippen LogP contribution in [0.4, 0.5) is 5.69 Å². The number of anilines is 1. The maximum atomic E-state index is 12.7. The molecule has 7 nitrogen and oxygen atoms in total. The summed E-state index contributed by atoms with van der Waals surface area (Å²) >= 11 is 0. The van der Waals surface area contributed by atoms with Crippen molar-refractivity contribution in [3.05, 3.63) is 23.8 Å². The largest absolute Gasteiger partial charge is 0.478 e. The molecule has 8 heteroatoms. The van der Waals surface area contributed by atoms with E-state index < -0.39 is 16.0 Å². The van der Waals surface area contributed by atoms with Gasteiger partial charge in [0.2, 0.25) is 10.0 Å². The van der Waals surface area contributed by atoms with Crippen LogP contribution in [0.15, 0.2) is 23.1 Å².